The van der Waals surface area contributed by atoms with E-state index in [1.807, 2.05) is 18.3 Å². The van der Waals surface area contributed by atoms with Gasteiger partial charge in [-0.3, -0.25) is 0 Å². The molecule has 1 heterocycles. The second kappa shape index (κ2) is 8.65. The van der Waals surface area contributed by atoms with E-state index in [2.05, 4.69) is 24.0 Å². The standard InChI is InChI=1S/C12H16N2O.C2H2O4.H2O/c1-14(2)6-5-9-8-13-12-4-3-10(15)7-11(9)12;3-1(4)2(5)6;/h3-4,7-8,13,15H,5-6H2,1-2H3;(H,3,4)(H,5,6);1H2. The van der Waals surface area contributed by atoms with Crippen LogP contribution in [0.1, 0.15) is 5.56 Å². The third-order valence-corrected chi connectivity index (χ3v) is 2.76. The molecule has 0 atom stereocenters. The molecule has 8 nitrogen and oxygen atoms in total. The van der Waals surface area contributed by atoms with E-state index in [9.17, 15) is 5.11 Å². The van der Waals surface area contributed by atoms with Gasteiger partial charge in [-0.2, -0.15) is 0 Å². The molecule has 0 saturated heterocycles. The number of likely N-dealkylation sites (N-methyl/N-ethyl adjacent to an activating group) is 1. The number of fused-ring (bicyclic) bond motifs is 1. The van der Waals surface area contributed by atoms with Crippen LogP contribution in [-0.4, -0.2) is 63.3 Å². The lowest BCUT2D eigenvalue weighted by atomic mass is 10.1. The maximum Gasteiger partial charge on any atom is 0.414 e. The summed E-state index contributed by atoms with van der Waals surface area (Å²) in [5, 5.41) is 25.3. The van der Waals surface area contributed by atoms with Crippen LogP contribution in [0, 0.1) is 0 Å². The Morgan fingerprint density at radius 2 is 1.77 bits per heavy atom. The molecule has 0 amide bonds. The molecule has 1 aromatic carbocycles. The molecule has 122 valence electrons. The largest absolute Gasteiger partial charge is 0.508 e. The lowest BCUT2D eigenvalue weighted by Crippen LogP contribution is -2.14. The van der Waals surface area contributed by atoms with Gasteiger partial charge >= 0.3 is 11.9 Å². The van der Waals surface area contributed by atoms with Gasteiger partial charge in [0.05, 0.1) is 0 Å². The van der Waals surface area contributed by atoms with Crippen LogP contribution < -0.4 is 0 Å². The van der Waals surface area contributed by atoms with E-state index >= 15 is 0 Å². The lowest BCUT2D eigenvalue weighted by molar-refractivity contribution is -0.159. The summed E-state index contributed by atoms with van der Waals surface area (Å²) in [6.45, 7) is 1.02. The Kier molecular flexibility index (Phi) is 7.64. The third kappa shape index (κ3) is 5.81. The molecule has 2 rings (SSSR count). The van der Waals surface area contributed by atoms with E-state index in [0.717, 1.165) is 23.9 Å². The molecule has 0 spiro atoms. The summed E-state index contributed by atoms with van der Waals surface area (Å²) in [5.74, 6) is -3.32. The maximum atomic E-state index is 9.43. The Balaban J connectivity index is 0.000000546. The van der Waals surface area contributed by atoms with Crippen molar-refractivity contribution in [3.63, 3.8) is 0 Å². The van der Waals surface area contributed by atoms with Crippen molar-refractivity contribution in [2.45, 2.75) is 6.42 Å². The van der Waals surface area contributed by atoms with Gasteiger partial charge in [0.2, 0.25) is 0 Å². The van der Waals surface area contributed by atoms with Crippen molar-refractivity contribution >= 4 is 22.8 Å². The first-order valence-electron chi connectivity index (χ1n) is 6.21. The van der Waals surface area contributed by atoms with Crippen LogP contribution in [0.25, 0.3) is 10.9 Å². The van der Waals surface area contributed by atoms with Gasteiger partial charge in [-0.1, -0.05) is 0 Å². The summed E-state index contributed by atoms with van der Waals surface area (Å²) in [7, 11) is 4.12. The molecule has 1 aromatic heterocycles. The van der Waals surface area contributed by atoms with Crippen LogP contribution in [0.4, 0.5) is 0 Å². The second-order valence-corrected chi connectivity index (χ2v) is 4.71. The molecule has 22 heavy (non-hydrogen) atoms. The SMILES string of the molecule is CN(C)CCc1c[nH]c2ccc(O)cc12.O.O=C(O)C(=O)O. The normalized spacial score (nSPS) is 9.77. The summed E-state index contributed by atoms with van der Waals surface area (Å²) in [4.78, 5) is 23.6. The number of H-pyrrole nitrogens is 1. The van der Waals surface area contributed by atoms with E-state index in [1.165, 1.54) is 5.56 Å². The van der Waals surface area contributed by atoms with Crippen molar-refractivity contribution in [3.05, 3.63) is 30.0 Å². The first-order chi connectivity index (χ1) is 9.81. The van der Waals surface area contributed by atoms with Gasteiger partial charge in [0.1, 0.15) is 5.75 Å². The number of rotatable bonds is 3. The number of aromatic amines is 1. The number of carbonyl (C=O) groups is 2. The molecule has 0 fully saturated rings. The number of phenols is 1. The number of aliphatic carboxylic acids is 2. The van der Waals surface area contributed by atoms with Gasteiger partial charge in [-0.15, -0.1) is 0 Å². The Hall–Kier alpha value is -2.58. The number of carboxylic acid groups (broad SMARTS) is 2. The number of aromatic nitrogens is 1. The zero-order valence-corrected chi connectivity index (χ0v) is 12.3. The minimum atomic E-state index is -1.82. The number of aromatic hydroxyl groups is 1. The van der Waals surface area contributed by atoms with Crippen LogP contribution in [-0.2, 0) is 16.0 Å². The molecular formula is C14H20N2O6. The highest BCUT2D eigenvalue weighted by Crippen LogP contribution is 2.23. The number of phenolic OH excluding ortho intramolecular Hbond substituents is 1. The highest BCUT2D eigenvalue weighted by molar-refractivity contribution is 6.27. The number of hydrogen-bond donors (Lipinski definition) is 4. The van der Waals surface area contributed by atoms with Crippen LogP contribution in [0.2, 0.25) is 0 Å². The van der Waals surface area contributed by atoms with Gasteiger partial charge in [-0.25, -0.2) is 9.59 Å². The van der Waals surface area contributed by atoms with Gasteiger partial charge in [0.15, 0.2) is 0 Å². The third-order valence-electron chi connectivity index (χ3n) is 2.76. The minimum absolute atomic E-state index is 0. The zero-order valence-electron chi connectivity index (χ0n) is 12.3. The first kappa shape index (κ1) is 19.4. The molecule has 0 unspecified atom stereocenters. The molecule has 2 aromatic rings. The highest BCUT2D eigenvalue weighted by Gasteiger charge is 2.05. The zero-order chi connectivity index (χ0) is 16.0. The monoisotopic (exact) mass is 312 g/mol. The van der Waals surface area contributed by atoms with Crippen molar-refractivity contribution in [1.29, 1.82) is 0 Å². The van der Waals surface area contributed by atoms with E-state index in [-0.39, 0.29) is 5.48 Å². The van der Waals surface area contributed by atoms with Crippen molar-refractivity contribution in [2.75, 3.05) is 20.6 Å². The Morgan fingerprint density at radius 1 is 1.18 bits per heavy atom. The van der Waals surface area contributed by atoms with Crippen LogP contribution in [0.5, 0.6) is 5.75 Å². The van der Waals surface area contributed by atoms with Crippen LogP contribution >= 0.6 is 0 Å². The topological polar surface area (TPSA) is 145 Å². The summed E-state index contributed by atoms with van der Waals surface area (Å²) in [5.41, 5.74) is 2.34. The summed E-state index contributed by atoms with van der Waals surface area (Å²) in [6, 6.07) is 5.43. The molecular weight excluding hydrogens is 292 g/mol. The van der Waals surface area contributed by atoms with Gasteiger partial charge in [-0.05, 0) is 44.3 Å². The van der Waals surface area contributed by atoms with E-state index in [4.69, 9.17) is 19.8 Å². The molecule has 0 bridgehead atoms. The van der Waals surface area contributed by atoms with Crippen LogP contribution in [0.3, 0.4) is 0 Å². The van der Waals surface area contributed by atoms with E-state index in [1.54, 1.807) is 6.07 Å². The summed E-state index contributed by atoms with van der Waals surface area (Å²) in [6.07, 6.45) is 3.02. The smallest absolute Gasteiger partial charge is 0.414 e. The fourth-order valence-electron chi connectivity index (χ4n) is 1.72. The van der Waals surface area contributed by atoms with Crippen molar-refractivity contribution in [3.8, 4) is 5.75 Å². The number of benzene rings is 1. The fourth-order valence-corrected chi connectivity index (χ4v) is 1.72. The average molecular weight is 312 g/mol. The lowest BCUT2D eigenvalue weighted by Gasteiger charge is -2.08. The van der Waals surface area contributed by atoms with Gasteiger partial charge in [0.25, 0.3) is 0 Å². The minimum Gasteiger partial charge on any atom is -0.508 e. The molecule has 0 aliphatic rings. The number of nitrogens with one attached hydrogen (secondary N) is 1. The van der Waals surface area contributed by atoms with E-state index in [0.29, 0.717) is 5.75 Å². The average Bonchev–Trinajstić information content (AvgIpc) is 2.79. The Bertz CT molecular complexity index is 623. The van der Waals surface area contributed by atoms with Gasteiger partial charge < -0.3 is 30.7 Å². The molecule has 0 aliphatic carbocycles. The quantitative estimate of drug-likeness (QED) is 0.600. The Labute approximate surface area is 126 Å². The molecule has 0 saturated carbocycles. The molecule has 8 heteroatoms. The summed E-state index contributed by atoms with van der Waals surface area (Å²) < 4.78 is 0. The van der Waals surface area contributed by atoms with Gasteiger partial charge in [0, 0.05) is 23.6 Å². The number of carboxylic acids is 2. The van der Waals surface area contributed by atoms with Crippen molar-refractivity contribution in [2.24, 2.45) is 0 Å². The highest BCUT2D eigenvalue weighted by atomic mass is 16.4. The summed E-state index contributed by atoms with van der Waals surface area (Å²) >= 11 is 0. The molecule has 6 N–H and O–H groups in total. The second-order valence-electron chi connectivity index (χ2n) is 4.71. The van der Waals surface area contributed by atoms with Crippen molar-refractivity contribution < 1.29 is 30.4 Å². The molecule has 0 radical (unpaired) electrons. The molecule has 0 aliphatic heterocycles. The maximum absolute atomic E-state index is 9.43. The number of hydrogen-bond acceptors (Lipinski definition) is 4. The van der Waals surface area contributed by atoms with Crippen LogP contribution in [0.15, 0.2) is 24.4 Å². The number of nitrogens with zero attached hydrogens (tertiary/aromatic N) is 1. The first-order valence-corrected chi connectivity index (χ1v) is 6.21. The predicted molar refractivity (Wildman–Crippen MR) is 81.1 cm³/mol. The van der Waals surface area contributed by atoms with Crippen molar-refractivity contribution in [1.82, 2.24) is 9.88 Å². The van der Waals surface area contributed by atoms with E-state index < -0.39 is 11.9 Å². The predicted octanol–water partition coefficient (Wildman–Crippen LogP) is 0.309. The Morgan fingerprint density at radius 3 is 2.27 bits per heavy atom. The fraction of sp³-hybridized carbons (Fsp3) is 0.286.